The largest absolute Gasteiger partial charge is 1.00 e. The molecule has 0 spiro atoms. The summed E-state index contributed by atoms with van der Waals surface area (Å²) in [6.45, 7) is 9.89. The summed E-state index contributed by atoms with van der Waals surface area (Å²) in [5, 5.41) is 9.71. The van der Waals surface area contributed by atoms with E-state index in [0.717, 1.165) is 0 Å². The summed E-state index contributed by atoms with van der Waals surface area (Å²) >= 11 is 0. The van der Waals surface area contributed by atoms with E-state index in [2.05, 4.69) is 0 Å². The number of phenols is 1. The van der Waals surface area contributed by atoms with E-state index in [1.807, 2.05) is 34.6 Å². The van der Waals surface area contributed by atoms with Gasteiger partial charge < -0.3 is 9.66 Å². The molecule has 1 N–H and O–H groups in total. The van der Waals surface area contributed by atoms with Gasteiger partial charge in [-0.15, -0.1) is 0 Å². The van der Waals surface area contributed by atoms with Gasteiger partial charge in [0.2, 0.25) is 0 Å². The van der Waals surface area contributed by atoms with E-state index in [1.165, 1.54) is 6.07 Å². The molecule has 1 aromatic rings. The van der Waals surface area contributed by atoms with Crippen LogP contribution >= 0.6 is 0 Å². The zero-order valence-corrected chi connectivity index (χ0v) is 15.8. The number of benzene rings is 1. The summed E-state index contributed by atoms with van der Waals surface area (Å²) < 4.78 is 34.1. The van der Waals surface area contributed by atoms with Crippen LogP contribution in [-0.4, -0.2) is 18.1 Å². The SMILES string of the molecule is CC(C)(C)CC(C)(C)c1cccc(O)c1S(=O)(=O)[O-].[Na+]. The van der Waals surface area contributed by atoms with Crippen molar-refractivity contribution in [1.29, 1.82) is 0 Å². The molecule has 0 unspecified atom stereocenters. The molecule has 0 saturated carbocycles. The van der Waals surface area contributed by atoms with Crippen molar-refractivity contribution >= 4 is 10.1 Å². The van der Waals surface area contributed by atoms with Crippen molar-refractivity contribution in [2.24, 2.45) is 5.41 Å². The van der Waals surface area contributed by atoms with Crippen molar-refractivity contribution in [3.8, 4) is 5.75 Å². The number of rotatable bonds is 3. The van der Waals surface area contributed by atoms with Crippen LogP contribution in [0.15, 0.2) is 23.1 Å². The van der Waals surface area contributed by atoms with Crippen LogP contribution in [0.1, 0.15) is 46.6 Å². The van der Waals surface area contributed by atoms with Gasteiger partial charge in [-0.1, -0.05) is 46.8 Å². The predicted molar refractivity (Wildman–Crippen MR) is 73.2 cm³/mol. The second-order valence-electron chi connectivity index (χ2n) is 6.73. The fourth-order valence-electron chi connectivity index (χ4n) is 2.74. The Hall–Kier alpha value is -0.0700. The summed E-state index contributed by atoms with van der Waals surface area (Å²) in [4.78, 5) is -0.496. The van der Waals surface area contributed by atoms with Crippen LogP contribution in [0.2, 0.25) is 0 Å². The van der Waals surface area contributed by atoms with Crippen LogP contribution in [0.3, 0.4) is 0 Å². The Morgan fingerprint density at radius 2 is 1.65 bits per heavy atom. The Labute approximate surface area is 143 Å². The minimum absolute atomic E-state index is 0. The molecule has 1 aromatic carbocycles. The second kappa shape index (κ2) is 6.36. The van der Waals surface area contributed by atoms with Gasteiger partial charge in [0.1, 0.15) is 15.9 Å². The topological polar surface area (TPSA) is 77.4 Å². The van der Waals surface area contributed by atoms with Crippen molar-refractivity contribution in [2.75, 3.05) is 0 Å². The maximum absolute atomic E-state index is 11.4. The van der Waals surface area contributed by atoms with E-state index in [9.17, 15) is 18.1 Å². The Morgan fingerprint density at radius 3 is 2.05 bits per heavy atom. The van der Waals surface area contributed by atoms with Gasteiger partial charge >= 0.3 is 29.6 Å². The van der Waals surface area contributed by atoms with Crippen LogP contribution in [0.25, 0.3) is 0 Å². The predicted octanol–water partition coefficient (Wildman–Crippen LogP) is 0.0141. The molecule has 20 heavy (non-hydrogen) atoms. The molecule has 0 saturated heterocycles. The zero-order chi connectivity index (χ0) is 15.1. The third-order valence-electron chi connectivity index (χ3n) is 2.95. The molecule has 0 amide bonds. The molecular weight excluding hydrogens is 287 g/mol. The summed E-state index contributed by atoms with van der Waals surface area (Å²) in [5.41, 5.74) is -0.180. The van der Waals surface area contributed by atoms with Crippen LogP contribution in [0.5, 0.6) is 5.75 Å². The van der Waals surface area contributed by atoms with Gasteiger partial charge in [-0.2, -0.15) is 0 Å². The van der Waals surface area contributed by atoms with E-state index >= 15 is 0 Å². The van der Waals surface area contributed by atoms with Gasteiger partial charge in [-0.25, -0.2) is 8.42 Å². The Bertz CT molecular complexity index is 571. The molecule has 4 nitrogen and oxygen atoms in total. The van der Waals surface area contributed by atoms with Gasteiger partial charge in [0.25, 0.3) is 0 Å². The van der Waals surface area contributed by atoms with Crippen LogP contribution in [0, 0.1) is 5.41 Å². The molecule has 0 heterocycles. The van der Waals surface area contributed by atoms with E-state index in [1.54, 1.807) is 12.1 Å². The van der Waals surface area contributed by atoms with Gasteiger partial charge in [0.05, 0.1) is 4.90 Å². The van der Waals surface area contributed by atoms with Crippen molar-refractivity contribution in [2.45, 2.75) is 51.3 Å². The van der Waals surface area contributed by atoms with Gasteiger partial charge in [-0.05, 0) is 28.9 Å². The molecule has 1 rings (SSSR count). The molecule has 108 valence electrons. The second-order valence-corrected chi connectivity index (χ2v) is 8.05. The molecule has 0 aliphatic carbocycles. The van der Waals surface area contributed by atoms with Crippen molar-refractivity contribution in [1.82, 2.24) is 0 Å². The fourth-order valence-corrected chi connectivity index (χ4v) is 3.68. The number of aromatic hydroxyl groups is 1. The maximum Gasteiger partial charge on any atom is 1.00 e. The third kappa shape index (κ3) is 5.04. The van der Waals surface area contributed by atoms with Gasteiger partial charge in [-0.3, -0.25) is 0 Å². The standard InChI is InChI=1S/C14H22O4S.Na/c1-13(2,3)9-14(4,5)10-7-6-8-11(15)12(10)19(16,17)18;/h6-8,15H,9H2,1-5H3,(H,16,17,18);/q;+1/p-1. The smallest absolute Gasteiger partial charge is 0.744 e. The Morgan fingerprint density at radius 1 is 1.15 bits per heavy atom. The molecule has 6 heteroatoms. The number of hydrogen-bond acceptors (Lipinski definition) is 4. The molecule has 0 aromatic heterocycles. The average Bonchev–Trinajstić information content (AvgIpc) is 2.11. The van der Waals surface area contributed by atoms with Crippen LogP contribution in [0.4, 0.5) is 0 Å². The van der Waals surface area contributed by atoms with Gasteiger partial charge in [0.15, 0.2) is 0 Å². The summed E-state index contributed by atoms with van der Waals surface area (Å²) in [6.07, 6.45) is 0.686. The van der Waals surface area contributed by atoms with Crippen molar-refractivity contribution in [3.05, 3.63) is 23.8 Å². The first-order chi connectivity index (χ1) is 8.34. The first-order valence-corrected chi connectivity index (χ1v) is 7.54. The van der Waals surface area contributed by atoms with Crippen molar-refractivity contribution in [3.63, 3.8) is 0 Å². The monoisotopic (exact) mass is 308 g/mol. The van der Waals surface area contributed by atoms with E-state index < -0.39 is 26.2 Å². The Kier molecular flexibility index (Phi) is 6.34. The first kappa shape index (κ1) is 19.9. The summed E-state index contributed by atoms with van der Waals surface area (Å²) in [6, 6.07) is 4.38. The van der Waals surface area contributed by atoms with E-state index in [0.29, 0.717) is 12.0 Å². The molecule has 0 bridgehead atoms. The van der Waals surface area contributed by atoms with Crippen molar-refractivity contribution < 1.29 is 47.6 Å². The molecular formula is C14H21NaO4S. The first-order valence-electron chi connectivity index (χ1n) is 6.13. The van der Waals surface area contributed by atoms with Crippen LogP contribution < -0.4 is 29.6 Å². The molecule has 0 atom stereocenters. The average molecular weight is 308 g/mol. The summed E-state index contributed by atoms with van der Waals surface area (Å²) in [5.74, 6) is -0.477. The molecule has 0 fully saturated rings. The minimum Gasteiger partial charge on any atom is -0.744 e. The normalized spacial score (nSPS) is 12.9. The van der Waals surface area contributed by atoms with Crippen LogP contribution in [-0.2, 0) is 15.5 Å². The zero-order valence-electron chi connectivity index (χ0n) is 13.0. The van der Waals surface area contributed by atoms with E-state index in [-0.39, 0.29) is 35.0 Å². The fraction of sp³-hybridized carbons (Fsp3) is 0.571. The minimum atomic E-state index is -4.70. The maximum atomic E-state index is 11.4. The summed E-state index contributed by atoms with van der Waals surface area (Å²) in [7, 11) is -4.70. The molecule has 0 aliphatic rings. The number of hydrogen-bond donors (Lipinski definition) is 1. The molecule has 0 aliphatic heterocycles. The van der Waals surface area contributed by atoms with E-state index in [4.69, 9.17) is 0 Å². The Balaban J connectivity index is 0.00000361. The number of phenolic OH excluding ortho intramolecular Hbond substituents is 1. The molecule has 0 radical (unpaired) electrons. The third-order valence-corrected chi connectivity index (χ3v) is 3.87. The van der Waals surface area contributed by atoms with Gasteiger partial charge in [0, 0.05) is 0 Å². The quantitative estimate of drug-likeness (QED) is 0.630.